The third-order valence-electron chi connectivity index (χ3n) is 2.37. The molecule has 1 rings (SSSR count). The van der Waals surface area contributed by atoms with Crippen LogP contribution in [0, 0.1) is 0 Å². The van der Waals surface area contributed by atoms with Crippen molar-refractivity contribution >= 4 is 40.9 Å². The zero-order chi connectivity index (χ0) is 15.1. The Kier molecular flexibility index (Phi) is 6.57. The molecule has 2 N–H and O–H groups in total. The van der Waals surface area contributed by atoms with Gasteiger partial charge in [-0.3, -0.25) is 4.79 Å². The molecule has 0 heterocycles. The van der Waals surface area contributed by atoms with E-state index in [-0.39, 0.29) is 18.2 Å². The summed E-state index contributed by atoms with van der Waals surface area (Å²) in [7, 11) is 1.46. The molecular weight excluding hydrogens is 307 g/mol. The molecule has 0 spiro atoms. The van der Waals surface area contributed by atoms with Gasteiger partial charge in [-0.25, -0.2) is 4.79 Å². The van der Waals surface area contributed by atoms with Crippen molar-refractivity contribution in [3.63, 3.8) is 0 Å². The molecule has 0 aliphatic carbocycles. The Hall–Kier alpha value is -1.50. The Morgan fingerprint density at radius 3 is 2.70 bits per heavy atom. The Bertz CT molecular complexity index is 496. The second-order valence-corrected chi connectivity index (χ2v) is 4.62. The van der Waals surface area contributed by atoms with Gasteiger partial charge >= 0.3 is 12.0 Å². The number of aliphatic carboxylic acids is 1. The lowest BCUT2D eigenvalue weighted by molar-refractivity contribution is -0.137. The first-order valence-electron chi connectivity index (χ1n) is 5.66. The number of carboxylic acid groups (broad SMARTS) is 1. The molecule has 1 aromatic rings. The van der Waals surface area contributed by atoms with Crippen LogP contribution in [0.5, 0.6) is 0 Å². The van der Waals surface area contributed by atoms with Crippen LogP contribution in [0.1, 0.15) is 0 Å². The van der Waals surface area contributed by atoms with Gasteiger partial charge in [-0.05, 0) is 12.1 Å². The second kappa shape index (κ2) is 7.94. The molecule has 0 aliphatic rings. The van der Waals surface area contributed by atoms with Crippen LogP contribution in [0.3, 0.4) is 0 Å². The Labute approximate surface area is 126 Å². The van der Waals surface area contributed by atoms with Crippen molar-refractivity contribution < 1.29 is 19.4 Å². The summed E-state index contributed by atoms with van der Waals surface area (Å²) >= 11 is 11.8. The molecule has 0 aromatic heterocycles. The monoisotopic (exact) mass is 320 g/mol. The lowest BCUT2D eigenvalue weighted by atomic mass is 10.3. The number of methoxy groups -OCH3 is 1. The largest absolute Gasteiger partial charge is 0.480 e. The maximum absolute atomic E-state index is 12.0. The number of ether oxygens (including phenoxy) is 1. The molecule has 0 bridgehead atoms. The average molecular weight is 321 g/mol. The quantitative estimate of drug-likeness (QED) is 0.844. The van der Waals surface area contributed by atoms with Crippen LogP contribution in [-0.2, 0) is 9.53 Å². The Morgan fingerprint density at radius 1 is 1.40 bits per heavy atom. The highest BCUT2D eigenvalue weighted by atomic mass is 35.5. The van der Waals surface area contributed by atoms with Gasteiger partial charge in [-0.2, -0.15) is 0 Å². The van der Waals surface area contributed by atoms with Gasteiger partial charge in [0.15, 0.2) is 0 Å². The lowest BCUT2D eigenvalue weighted by Gasteiger charge is -2.21. The average Bonchev–Trinajstić information content (AvgIpc) is 2.39. The fourth-order valence-electron chi connectivity index (χ4n) is 1.41. The number of amides is 2. The van der Waals surface area contributed by atoms with Gasteiger partial charge in [0.25, 0.3) is 0 Å². The molecule has 0 radical (unpaired) electrons. The highest BCUT2D eigenvalue weighted by Crippen LogP contribution is 2.29. The standard InChI is InChI=1S/C12H14Cl2N2O4/c1-20-6-5-16(7-10(17)18)12(19)15-9-4-2-3-8(13)11(9)14/h2-4H,5-7H2,1H3,(H,15,19)(H,17,18). The number of anilines is 1. The topological polar surface area (TPSA) is 78.9 Å². The van der Waals surface area contributed by atoms with E-state index in [9.17, 15) is 9.59 Å². The number of urea groups is 1. The van der Waals surface area contributed by atoms with Crippen LogP contribution in [-0.4, -0.2) is 48.8 Å². The van der Waals surface area contributed by atoms with Crippen LogP contribution in [0.2, 0.25) is 10.0 Å². The van der Waals surface area contributed by atoms with E-state index in [1.807, 2.05) is 0 Å². The predicted octanol–water partition coefficient (Wildman–Crippen LogP) is 2.56. The summed E-state index contributed by atoms with van der Waals surface area (Å²) in [5.74, 6) is -1.12. The van der Waals surface area contributed by atoms with Gasteiger partial charge in [-0.1, -0.05) is 29.3 Å². The fraction of sp³-hybridized carbons (Fsp3) is 0.333. The number of nitrogens with zero attached hydrogens (tertiary/aromatic N) is 1. The lowest BCUT2D eigenvalue weighted by Crippen LogP contribution is -2.40. The third kappa shape index (κ3) is 4.88. The van der Waals surface area contributed by atoms with Crippen molar-refractivity contribution in [1.29, 1.82) is 0 Å². The van der Waals surface area contributed by atoms with E-state index >= 15 is 0 Å². The number of nitrogens with one attached hydrogen (secondary N) is 1. The summed E-state index contributed by atoms with van der Waals surface area (Å²) in [5.41, 5.74) is 0.317. The van der Waals surface area contributed by atoms with E-state index in [1.165, 1.54) is 7.11 Å². The number of hydrogen-bond donors (Lipinski definition) is 2. The van der Waals surface area contributed by atoms with Crippen molar-refractivity contribution in [2.24, 2.45) is 0 Å². The van der Waals surface area contributed by atoms with E-state index < -0.39 is 18.5 Å². The van der Waals surface area contributed by atoms with Crippen LogP contribution in [0.4, 0.5) is 10.5 Å². The second-order valence-electron chi connectivity index (χ2n) is 3.84. The van der Waals surface area contributed by atoms with Crippen LogP contribution >= 0.6 is 23.2 Å². The zero-order valence-electron chi connectivity index (χ0n) is 10.7. The number of carbonyl (C=O) groups is 2. The fourth-order valence-corrected chi connectivity index (χ4v) is 1.76. The highest BCUT2D eigenvalue weighted by Gasteiger charge is 2.18. The molecule has 0 atom stereocenters. The smallest absolute Gasteiger partial charge is 0.323 e. The van der Waals surface area contributed by atoms with Crippen molar-refractivity contribution in [1.82, 2.24) is 4.90 Å². The summed E-state index contributed by atoms with van der Waals surface area (Å²) in [6.07, 6.45) is 0. The first-order valence-corrected chi connectivity index (χ1v) is 6.42. The molecule has 0 fully saturated rings. The Balaban J connectivity index is 2.79. The minimum atomic E-state index is -1.12. The van der Waals surface area contributed by atoms with E-state index in [4.69, 9.17) is 33.0 Å². The number of benzene rings is 1. The minimum absolute atomic E-state index is 0.146. The van der Waals surface area contributed by atoms with Gasteiger partial charge in [0.05, 0.1) is 22.3 Å². The van der Waals surface area contributed by atoms with Gasteiger partial charge < -0.3 is 20.1 Å². The normalized spacial score (nSPS) is 10.2. The number of carboxylic acids is 1. The molecule has 110 valence electrons. The molecule has 0 aliphatic heterocycles. The number of carbonyl (C=O) groups excluding carboxylic acids is 1. The summed E-state index contributed by atoms with van der Waals surface area (Å²) in [6, 6.07) is 4.19. The maximum Gasteiger partial charge on any atom is 0.323 e. The van der Waals surface area contributed by atoms with E-state index in [1.54, 1.807) is 18.2 Å². The molecule has 8 heteroatoms. The highest BCUT2D eigenvalue weighted by molar-refractivity contribution is 6.43. The van der Waals surface area contributed by atoms with Gasteiger partial charge in [0, 0.05) is 13.7 Å². The first kappa shape index (κ1) is 16.6. The van der Waals surface area contributed by atoms with Crippen molar-refractivity contribution in [2.75, 3.05) is 32.1 Å². The summed E-state index contributed by atoms with van der Waals surface area (Å²) in [6.45, 7) is -0.0653. The van der Waals surface area contributed by atoms with E-state index in [2.05, 4.69) is 5.32 Å². The number of halogens is 2. The maximum atomic E-state index is 12.0. The molecule has 0 unspecified atom stereocenters. The number of rotatable bonds is 6. The molecule has 6 nitrogen and oxygen atoms in total. The van der Waals surface area contributed by atoms with Crippen LogP contribution in [0.25, 0.3) is 0 Å². The van der Waals surface area contributed by atoms with Gasteiger partial charge in [0.1, 0.15) is 6.54 Å². The van der Waals surface area contributed by atoms with Crippen molar-refractivity contribution in [3.05, 3.63) is 28.2 Å². The third-order valence-corrected chi connectivity index (χ3v) is 3.19. The van der Waals surface area contributed by atoms with Gasteiger partial charge in [-0.15, -0.1) is 0 Å². The molecule has 1 aromatic carbocycles. The molecular formula is C12H14Cl2N2O4. The van der Waals surface area contributed by atoms with Crippen LogP contribution < -0.4 is 5.32 Å². The SMILES string of the molecule is COCCN(CC(=O)O)C(=O)Nc1cccc(Cl)c1Cl. The molecule has 0 saturated carbocycles. The van der Waals surface area contributed by atoms with Gasteiger partial charge in [0.2, 0.25) is 0 Å². The summed E-state index contributed by atoms with van der Waals surface area (Å²) < 4.78 is 4.84. The van der Waals surface area contributed by atoms with E-state index in [0.29, 0.717) is 10.7 Å². The zero-order valence-corrected chi connectivity index (χ0v) is 12.2. The van der Waals surface area contributed by atoms with Crippen molar-refractivity contribution in [3.8, 4) is 0 Å². The minimum Gasteiger partial charge on any atom is -0.480 e. The Morgan fingerprint density at radius 2 is 2.10 bits per heavy atom. The summed E-state index contributed by atoms with van der Waals surface area (Å²) in [5, 5.41) is 11.8. The van der Waals surface area contributed by atoms with Crippen LogP contribution in [0.15, 0.2) is 18.2 Å². The predicted molar refractivity (Wildman–Crippen MR) is 76.6 cm³/mol. The van der Waals surface area contributed by atoms with Crippen molar-refractivity contribution in [2.45, 2.75) is 0 Å². The molecule has 20 heavy (non-hydrogen) atoms. The van der Waals surface area contributed by atoms with E-state index in [0.717, 1.165) is 4.90 Å². The molecule has 0 saturated heterocycles. The molecule has 2 amide bonds. The summed E-state index contributed by atoms with van der Waals surface area (Å²) in [4.78, 5) is 23.9. The number of hydrogen-bond acceptors (Lipinski definition) is 3. The first-order chi connectivity index (χ1) is 9.45.